The van der Waals surface area contributed by atoms with E-state index in [4.69, 9.17) is 0 Å². The fraction of sp³-hybridized carbons (Fsp3) is 0.909. The smallest absolute Gasteiger partial charge is 0.234 e. The Morgan fingerprint density at radius 1 is 1.50 bits per heavy atom. The highest BCUT2D eigenvalue weighted by Gasteiger charge is 2.31. The van der Waals surface area contributed by atoms with E-state index in [1.54, 1.807) is 0 Å². The van der Waals surface area contributed by atoms with Gasteiger partial charge in [-0.05, 0) is 38.8 Å². The molecule has 1 amide bonds. The maximum Gasteiger partial charge on any atom is 0.234 e. The summed E-state index contributed by atoms with van der Waals surface area (Å²) in [6.45, 7) is 5.03. The molecule has 0 aromatic rings. The van der Waals surface area contributed by atoms with E-state index >= 15 is 0 Å². The molecular formula is C11H22N2O. The molecule has 0 saturated heterocycles. The molecule has 1 rings (SSSR count). The molecule has 1 aliphatic rings. The molecule has 1 aliphatic carbocycles. The van der Waals surface area contributed by atoms with Crippen molar-refractivity contribution in [1.82, 2.24) is 10.2 Å². The van der Waals surface area contributed by atoms with Crippen molar-refractivity contribution in [1.29, 1.82) is 0 Å². The van der Waals surface area contributed by atoms with E-state index in [1.165, 1.54) is 6.42 Å². The molecule has 3 heteroatoms. The van der Waals surface area contributed by atoms with Crippen LogP contribution in [0.25, 0.3) is 0 Å². The van der Waals surface area contributed by atoms with Gasteiger partial charge in [-0.1, -0.05) is 13.8 Å². The van der Waals surface area contributed by atoms with Crippen molar-refractivity contribution in [2.24, 2.45) is 5.41 Å². The molecule has 82 valence electrons. The predicted molar refractivity (Wildman–Crippen MR) is 58.1 cm³/mol. The molecule has 0 aromatic carbocycles. The topological polar surface area (TPSA) is 32.3 Å². The van der Waals surface area contributed by atoms with Crippen LogP contribution in [0, 0.1) is 5.41 Å². The molecule has 1 N–H and O–H groups in total. The van der Waals surface area contributed by atoms with E-state index in [2.05, 4.69) is 19.2 Å². The fourth-order valence-electron chi connectivity index (χ4n) is 2.12. The van der Waals surface area contributed by atoms with Crippen LogP contribution in [0.5, 0.6) is 0 Å². The van der Waals surface area contributed by atoms with Crippen LogP contribution in [0.1, 0.15) is 33.1 Å². The minimum atomic E-state index is 0.151. The summed E-state index contributed by atoms with van der Waals surface area (Å²) in [5.41, 5.74) is 0.413. The third-order valence-corrected chi connectivity index (χ3v) is 2.79. The van der Waals surface area contributed by atoms with Gasteiger partial charge in [-0.3, -0.25) is 4.79 Å². The van der Waals surface area contributed by atoms with Gasteiger partial charge in [-0.25, -0.2) is 0 Å². The number of likely N-dealkylation sites (N-methyl/N-ethyl adjacent to an activating group) is 1. The molecule has 0 aliphatic heterocycles. The van der Waals surface area contributed by atoms with Gasteiger partial charge in [0.15, 0.2) is 0 Å². The number of amides is 1. The van der Waals surface area contributed by atoms with Gasteiger partial charge in [0.05, 0.1) is 6.54 Å². The van der Waals surface area contributed by atoms with Crippen LogP contribution in [0.2, 0.25) is 0 Å². The Hall–Kier alpha value is -0.570. The Morgan fingerprint density at radius 2 is 2.14 bits per heavy atom. The first-order chi connectivity index (χ1) is 6.39. The summed E-state index contributed by atoms with van der Waals surface area (Å²) < 4.78 is 0. The zero-order chi connectivity index (χ0) is 10.8. The molecule has 1 fully saturated rings. The Kier molecular flexibility index (Phi) is 3.53. The molecule has 0 spiro atoms. The average molecular weight is 198 g/mol. The van der Waals surface area contributed by atoms with Crippen LogP contribution in [0.3, 0.4) is 0 Å². The van der Waals surface area contributed by atoms with Gasteiger partial charge in [0.2, 0.25) is 5.91 Å². The maximum absolute atomic E-state index is 11.5. The normalized spacial score (nSPS) is 25.4. The summed E-state index contributed by atoms with van der Waals surface area (Å²) in [6, 6.07) is 0.400. The van der Waals surface area contributed by atoms with Crippen LogP contribution < -0.4 is 5.32 Å². The molecule has 1 unspecified atom stereocenters. The van der Waals surface area contributed by atoms with E-state index in [-0.39, 0.29) is 5.91 Å². The SMILES string of the molecule is CN(C)CC(=O)NC1CCC(C)(C)C1. The van der Waals surface area contributed by atoms with Crippen LogP contribution in [-0.4, -0.2) is 37.5 Å². The summed E-state index contributed by atoms with van der Waals surface area (Å²) in [7, 11) is 3.83. The first-order valence-corrected chi connectivity index (χ1v) is 5.33. The van der Waals surface area contributed by atoms with Crippen molar-refractivity contribution < 1.29 is 4.79 Å². The van der Waals surface area contributed by atoms with Crippen LogP contribution in [0.15, 0.2) is 0 Å². The summed E-state index contributed by atoms with van der Waals surface area (Å²) in [5.74, 6) is 0.151. The molecule has 3 nitrogen and oxygen atoms in total. The van der Waals surface area contributed by atoms with Crippen molar-refractivity contribution in [2.75, 3.05) is 20.6 Å². The number of hydrogen-bond donors (Lipinski definition) is 1. The van der Waals surface area contributed by atoms with Gasteiger partial charge in [0, 0.05) is 6.04 Å². The van der Waals surface area contributed by atoms with E-state index in [9.17, 15) is 4.79 Å². The highest BCUT2D eigenvalue weighted by atomic mass is 16.2. The Labute approximate surface area is 86.9 Å². The Morgan fingerprint density at radius 3 is 2.57 bits per heavy atom. The monoisotopic (exact) mass is 198 g/mol. The van der Waals surface area contributed by atoms with E-state index in [1.807, 2.05) is 19.0 Å². The number of nitrogens with one attached hydrogen (secondary N) is 1. The van der Waals surface area contributed by atoms with Crippen molar-refractivity contribution in [3.63, 3.8) is 0 Å². The third kappa shape index (κ3) is 3.66. The lowest BCUT2D eigenvalue weighted by Crippen LogP contribution is -2.39. The lowest BCUT2D eigenvalue weighted by atomic mass is 9.92. The van der Waals surface area contributed by atoms with E-state index in [0.29, 0.717) is 18.0 Å². The number of carbonyl (C=O) groups excluding carboxylic acids is 1. The number of hydrogen-bond acceptors (Lipinski definition) is 2. The number of rotatable bonds is 3. The quantitative estimate of drug-likeness (QED) is 0.740. The molecule has 1 saturated carbocycles. The standard InChI is InChI=1S/C11H22N2O/c1-11(2)6-5-9(7-11)12-10(14)8-13(3)4/h9H,5-8H2,1-4H3,(H,12,14). The minimum absolute atomic E-state index is 0.151. The highest BCUT2D eigenvalue weighted by molar-refractivity contribution is 5.78. The maximum atomic E-state index is 11.5. The highest BCUT2D eigenvalue weighted by Crippen LogP contribution is 2.36. The lowest BCUT2D eigenvalue weighted by molar-refractivity contribution is -0.122. The summed E-state index contributed by atoms with van der Waals surface area (Å²) in [5, 5.41) is 3.09. The van der Waals surface area contributed by atoms with Crippen LogP contribution >= 0.6 is 0 Å². The second-order valence-corrected chi connectivity index (χ2v) is 5.41. The van der Waals surface area contributed by atoms with Gasteiger partial charge >= 0.3 is 0 Å². The summed E-state index contributed by atoms with van der Waals surface area (Å²) >= 11 is 0. The lowest BCUT2D eigenvalue weighted by Gasteiger charge is -2.18. The van der Waals surface area contributed by atoms with Crippen molar-refractivity contribution in [3.8, 4) is 0 Å². The van der Waals surface area contributed by atoms with Gasteiger partial charge in [0.1, 0.15) is 0 Å². The first kappa shape index (κ1) is 11.5. The molecule has 0 radical (unpaired) electrons. The molecule has 1 atom stereocenters. The zero-order valence-electron chi connectivity index (χ0n) is 9.76. The van der Waals surface area contributed by atoms with E-state index in [0.717, 1.165) is 12.8 Å². The summed E-state index contributed by atoms with van der Waals surface area (Å²) in [6.07, 6.45) is 3.47. The van der Waals surface area contributed by atoms with Crippen LogP contribution in [-0.2, 0) is 4.79 Å². The third-order valence-electron chi connectivity index (χ3n) is 2.79. The van der Waals surface area contributed by atoms with Gasteiger partial charge in [-0.2, -0.15) is 0 Å². The average Bonchev–Trinajstić information content (AvgIpc) is 2.27. The van der Waals surface area contributed by atoms with E-state index < -0.39 is 0 Å². The second kappa shape index (κ2) is 4.30. The zero-order valence-corrected chi connectivity index (χ0v) is 9.76. The molecule has 0 heterocycles. The Balaban J connectivity index is 2.29. The van der Waals surface area contributed by atoms with Gasteiger partial charge in [0.25, 0.3) is 0 Å². The molecule has 0 aromatic heterocycles. The fourth-order valence-corrected chi connectivity index (χ4v) is 2.12. The predicted octanol–water partition coefficient (Wildman–Crippen LogP) is 1.24. The van der Waals surface area contributed by atoms with Crippen molar-refractivity contribution >= 4 is 5.91 Å². The van der Waals surface area contributed by atoms with Gasteiger partial charge < -0.3 is 10.2 Å². The van der Waals surface area contributed by atoms with Crippen molar-refractivity contribution in [3.05, 3.63) is 0 Å². The molecule has 0 bridgehead atoms. The molecular weight excluding hydrogens is 176 g/mol. The number of nitrogens with zero attached hydrogens (tertiary/aromatic N) is 1. The van der Waals surface area contributed by atoms with Gasteiger partial charge in [-0.15, -0.1) is 0 Å². The number of carbonyl (C=O) groups is 1. The Bertz CT molecular complexity index is 211. The second-order valence-electron chi connectivity index (χ2n) is 5.41. The first-order valence-electron chi connectivity index (χ1n) is 5.33. The largest absolute Gasteiger partial charge is 0.352 e. The minimum Gasteiger partial charge on any atom is -0.352 e. The van der Waals surface area contributed by atoms with Crippen LogP contribution in [0.4, 0.5) is 0 Å². The summed E-state index contributed by atoms with van der Waals surface area (Å²) in [4.78, 5) is 13.4. The molecule has 14 heavy (non-hydrogen) atoms. The van der Waals surface area contributed by atoms with Crippen molar-refractivity contribution in [2.45, 2.75) is 39.2 Å².